The van der Waals surface area contributed by atoms with Crippen LogP contribution in [0.15, 0.2) is 36.7 Å². The van der Waals surface area contributed by atoms with E-state index < -0.39 is 35.0 Å². The zero-order valence-electron chi connectivity index (χ0n) is 19.0. The second-order valence-electron chi connectivity index (χ2n) is 9.18. The average Bonchev–Trinajstić information content (AvgIpc) is 2.65. The minimum absolute atomic E-state index is 0.195. The van der Waals surface area contributed by atoms with Crippen molar-refractivity contribution < 1.29 is 19.2 Å². The van der Waals surface area contributed by atoms with Crippen molar-refractivity contribution in [1.82, 2.24) is 31.2 Å². The second-order valence-corrected chi connectivity index (χ2v) is 9.18. The highest BCUT2D eigenvalue weighted by Gasteiger charge is 2.19. The van der Waals surface area contributed by atoms with Gasteiger partial charge < -0.3 is 10.6 Å². The standard InChI is InChI=1S/C22H28N6O4/c1-21(2,3)27-19(31)25-17(29)13-7-9-23-15(11-13)16-12-14(8-10-24-16)18(30)26-20(32)28-22(4,5)6/h7-12H,1-6H3,(H2,25,27,29,31)(H2,26,28,30,32). The summed E-state index contributed by atoms with van der Waals surface area (Å²) in [5.41, 5.74) is 0.0382. The van der Waals surface area contributed by atoms with Gasteiger partial charge in [0.05, 0.1) is 11.4 Å². The molecule has 0 saturated heterocycles. The Kier molecular flexibility index (Phi) is 7.29. The summed E-state index contributed by atoms with van der Waals surface area (Å²) in [5, 5.41) is 9.79. The van der Waals surface area contributed by atoms with Crippen LogP contribution in [0.3, 0.4) is 0 Å². The van der Waals surface area contributed by atoms with E-state index in [4.69, 9.17) is 0 Å². The van der Waals surface area contributed by atoms with E-state index >= 15 is 0 Å². The highest BCUT2D eigenvalue weighted by atomic mass is 16.2. The third kappa shape index (κ3) is 7.78. The van der Waals surface area contributed by atoms with E-state index in [9.17, 15) is 19.2 Å². The number of carbonyl (C=O) groups is 4. The second kappa shape index (κ2) is 9.54. The monoisotopic (exact) mass is 440 g/mol. The highest BCUT2D eigenvalue weighted by Crippen LogP contribution is 2.17. The van der Waals surface area contributed by atoms with Crippen molar-refractivity contribution in [2.24, 2.45) is 0 Å². The van der Waals surface area contributed by atoms with Gasteiger partial charge >= 0.3 is 12.1 Å². The molecule has 0 fully saturated rings. The first kappa shape index (κ1) is 24.4. The number of urea groups is 2. The largest absolute Gasteiger partial charge is 0.333 e. The summed E-state index contributed by atoms with van der Waals surface area (Å²) in [7, 11) is 0. The van der Waals surface area contributed by atoms with Gasteiger partial charge in [-0.3, -0.25) is 30.2 Å². The first-order valence-electron chi connectivity index (χ1n) is 9.93. The van der Waals surface area contributed by atoms with E-state index in [1.165, 1.54) is 36.7 Å². The topological polar surface area (TPSA) is 142 Å². The molecular formula is C22H28N6O4. The van der Waals surface area contributed by atoms with Crippen LogP contribution in [0.25, 0.3) is 11.4 Å². The number of imide groups is 2. The average molecular weight is 441 g/mol. The van der Waals surface area contributed by atoms with E-state index in [-0.39, 0.29) is 11.1 Å². The fourth-order valence-electron chi connectivity index (χ4n) is 2.52. The molecule has 2 rings (SSSR count). The molecule has 0 saturated carbocycles. The normalized spacial score (nSPS) is 11.3. The van der Waals surface area contributed by atoms with Crippen LogP contribution in [-0.2, 0) is 0 Å². The van der Waals surface area contributed by atoms with E-state index in [1.54, 1.807) is 41.5 Å². The van der Waals surface area contributed by atoms with Gasteiger partial charge in [0.15, 0.2) is 0 Å². The zero-order valence-corrected chi connectivity index (χ0v) is 19.0. The van der Waals surface area contributed by atoms with Gasteiger partial charge in [0, 0.05) is 34.6 Å². The van der Waals surface area contributed by atoms with E-state index in [0.29, 0.717) is 11.4 Å². The fourth-order valence-corrected chi connectivity index (χ4v) is 2.52. The van der Waals surface area contributed by atoms with Crippen LogP contribution >= 0.6 is 0 Å². The summed E-state index contributed by atoms with van der Waals surface area (Å²) in [6, 6.07) is 4.58. The molecule has 0 unspecified atom stereocenters. The van der Waals surface area contributed by atoms with Crippen LogP contribution in [0, 0.1) is 0 Å². The molecule has 4 N–H and O–H groups in total. The van der Waals surface area contributed by atoms with Crippen molar-refractivity contribution in [3.63, 3.8) is 0 Å². The van der Waals surface area contributed by atoms with Gasteiger partial charge in [-0.25, -0.2) is 9.59 Å². The molecular weight excluding hydrogens is 412 g/mol. The molecule has 6 amide bonds. The van der Waals surface area contributed by atoms with Crippen LogP contribution in [0.4, 0.5) is 9.59 Å². The molecule has 0 aliphatic heterocycles. The molecule has 32 heavy (non-hydrogen) atoms. The number of nitrogens with one attached hydrogen (secondary N) is 4. The Hall–Kier alpha value is -3.82. The van der Waals surface area contributed by atoms with Crippen molar-refractivity contribution in [3.05, 3.63) is 47.8 Å². The summed E-state index contributed by atoms with van der Waals surface area (Å²) in [6.45, 7) is 10.8. The van der Waals surface area contributed by atoms with Crippen molar-refractivity contribution >= 4 is 23.9 Å². The molecule has 10 heteroatoms. The summed E-state index contributed by atoms with van der Waals surface area (Å²) in [5.74, 6) is -1.22. The first-order chi connectivity index (χ1) is 14.7. The SMILES string of the molecule is CC(C)(C)NC(=O)NC(=O)c1ccnc(-c2cc(C(=O)NC(=O)NC(C)(C)C)ccn2)c1. The summed E-state index contributed by atoms with van der Waals surface area (Å²) < 4.78 is 0. The van der Waals surface area contributed by atoms with E-state index in [0.717, 1.165) is 0 Å². The molecule has 2 aromatic heterocycles. The predicted molar refractivity (Wildman–Crippen MR) is 119 cm³/mol. The Morgan fingerprint density at radius 1 is 0.656 bits per heavy atom. The molecule has 0 aromatic carbocycles. The molecule has 0 aliphatic carbocycles. The van der Waals surface area contributed by atoms with Crippen molar-refractivity contribution in [1.29, 1.82) is 0 Å². The third-order valence-electron chi connectivity index (χ3n) is 3.74. The molecule has 0 atom stereocenters. The fraction of sp³-hybridized carbons (Fsp3) is 0.364. The van der Waals surface area contributed by atoms with Crippen LogP contribution in [-0.4, -0.2) is 44.9 Å². The Bertz CT molecular complexity index is 954. The van der Waals surface area contributed by atoms with Gasteiger partial charge in [-0.05, 0) is 65.8 Å². The first-order valence-corrected chi connectivity index (χ1v) is 9.93. The summed E-state index contributed by atoms with van der Waals surface area (Å²) in [6.07, 6.45) is 2.80. The van der Waals surface area contributed by atoms with E-state index in [2.05, 4.69) is 31.2 Å². The Balaban J connectivity index is 2.16. The smallest absolute Gasteiger partial charge is 0.322 e. The number of carbonyl (C=O) groups excluding carboxylic acids is 4. The molecule has 0 radical (unpaired) electrons. The third-order valence-corrected chi connectivity index (χ3v) is 3.74. The number of amides is 6. The van der Waals surface area contributed by atoms with Gasteiger partial charge in [0.2, 0.25) is 0 Å². The molecule has 0 aliphatic rings. The number of pyridine rings is 2. The number of aromatic nitrogens is 2. The maximum absolute atomic E-state index is 12.4. The summed E-state index contributed by atoms with van der Waals surface area (Å²) in [4.78, 5) is 57.1. The maximum Gasteiger partial charge on any atom is 0.322 e. The Morgan fingerprint density at radius 3 is 1.31 bits per heavy atom. The minimum atomic E-state index is -0.619. The Morgan fingerprint density at radius 2 is 1.00 bits per heavy atom. The van der Waals surface area contributed by atoms with Crippen LogP contribution in [0.2, 0.25) is 0 Å². The minimum Gasteiger partial charge on any atom is -0.333 e. The molecule has 170 valence electrons. The number of rotatable bonds is 3. The number of hydrogen-bond donors (Lipinski definition) is 4. The lowest BCUT2D eigenvalue weighted by atomic mass is 10.1. The molecule has 10 nitrogen and oxygen atoms in total. The van der Waals surface area contributed by atoms with Gasteiger partial charge in [-0.1, -0.05) is 0 Å². The predicted octanol–water partition coefficient (Wildman–Crippen LogP) is 2.62. The van der Waals surface area contributed by atoms with Crippen LogP contribution < -0.4 is 21.3 Å². The van der Waals surface area contributed by atoms with Gasteiger partial charge in [-0.15, -0.1) is 0 Å². The van der Waals surface area contributed by atoms with Crippen molar-refractivity contribution in [3.8, 4) is 11.4 Å². The van der Waals surface area contributed by atoms with E-state index in [1.807, 2.05) is 0 Å². The number of hydrogen-bond acceptors (Lipinski definition) is 6. The number of nitrogens with zero attached hydrogens (tertiary/aromatic N) is 2. The highest BCUT2D eigenvalue weighted by molar-refractivity contribution is 6.05. The van der Waals surface area contributed by atoms with Crippen LogP contribution in [0.1, 0.15) is 62.3 Å². The lowest BCUT2D eigenvalue weighted by Gasteiger charge is -2.20. The molecule has 2 aromatic rings. The van der Waals surface area contributed by atoms with Gasteiger partial charge in [0.1, 0.15) is 0 Å². The summed E-state index contributed by atoms with van der Waals surface area (Å²) >= 11 is 0. The quantitative estimate of drug-likeness (QED) is 0.578. The maximum atomic E-state index is 12.4. The van der Waals surface area contributed by atoms with Gasteiger partial charge in [0.25, 0.3) is 11.8 Å². The van der Waals surface area contributed by atoms with Gasteiger partial charge in [-0.2, -0.15) is 0 Å². The molecule has 0 bridgehead atoms. The van der Waals surface area contributed by atoms with Crippen molar-refractivity contribution in [2.75, 3.05) is 0 Å². The lowest BCUT2D eigenvalue weighted by Crippen LogP contribution is -2.48. The van der Waals surface area contributed by atoms with Crippen molar-refractivity contribution in [2.45, 2.75) is 52.6 Å². The molecule has 2 heterocycles. The Labute approximate surface area is 186 Å². The lowest BCUT2D eigenvalue weighted by molar-refractivity contribution is 0.0952. The van der Waals surface area contributed by atoms with Crippen LogP contribution in [0.5, 0.6) is 0 Å². The molecule has 0 spiro atoms. The zero-order chi connectivity index (χ0) is 24.1.